The van der Waals surface area contributed by atoms with Crippen molar-refractivity contribution in [1.82, 2.24) is 24.9 Å². The van der Waals surface area contributed by atoms with Crippen LogP contribution in [0.3, 0.4) is 0 Å². The molecule has 0 fully saturated rings. The molecule has 4 aromatic rings. The summed E-state index contributed by atoms with van der Waals surface area (Å²) in [6.45, 7) is 2.84. The molecular weight excluding hydrogens is 354 g/mol. The number of para-hydroxylation sites is 1. The fraction of sp³-hybridized carbons (Fsp3) is 0.238. The van der Waals surface area contributed by atoms with E-state index in [1.165, 1.54) is 0 Å². The van der Waals surface area contributed by atoms with Crippen LogP contribution in [0.1, 0.15) is 17.5 Å². The van der Waals surface area contributed by atoms with Gasteiger partial charge in [-0.2, -0.15) is 0 Å². The molecule has 7 heteroatoms. The SMILES string of the molecule is O=c1c(CN(CCCn2ccnn2)Cc2ccncc2)coc2ccccc12. The molecule has 0 aliphatic heterocycles. The van der Waals surface area contributed by atoms with Gasteiger partial charge >= 0.3 is 0 Å². The lowest BCUT2D eigenvalue weighted by Gasteiger charge is -2.22. The molecule has 0 aliphatic rings. The van der Waals surface area contributed by atoms with Gasteiger partial charge in [-0.15, -0.1) is 5.10 Å². The van der Waals surface area contributed by atoms with Crippen molar-refractivity contribution in [2.24, 2.45) is 0 Å². The molecule has 4 rings (SSSR count). The second-order valence-corrected chi connectivity index (χ2v) is 6.67. The molecular formula is C21H21N5O2. The van der Waals surface area contributed by atoms with Crippen LogP contribution >= 0.6 is 0 Å². The van der Waals surface area contributed by atoms with Crippen LogP contribution in [0.4, 0.5) is 0 Å². The van der Waals surface area contributed by atoms with E-state index in [1.807, 2.05) is 47.3 Å². The number of pyridine rings is 1. The lowest BCUT2D eigenvalue weighted by molar-refractivity contribution is 0.244. The Morgan fingerprint density at radius 2 is 1.89 bits per heavy atom. The Morgan fingerprint density at radius 1 is 1.04 bits per heavy atom. The predicted octanol–water partition coefficient (Wildman–Crippen LogP) is 2.87. The van der Waals surface area contributed by atoms with Crippen molar-refractivity contribution in [2.75, 3.05) is 6.54 Å². The highest BCUT2D eigenvalue weighted by Crippen LogP contribution is 2.13. The number of fused-ring (bicyclic) bond motifs is 1. The highest BCUT2D eigenvalue weighted by molar-refractivity contribution is 5.76. The molecule has 7 nitrogen and oxygen atoms in total. The van der Waals surface area contributed by atoms with Crippen LogP contribution in [-0.2, 0) is 19.6 Å². The molecule has 3 heterocycles. The van der Waals surface area contributed by atoms with Crippen LogP contribution in [0, 0.1) is 0 Å². The Labute approximate surface area is 162 Å². The zero-order valence-corrected chi connectivity index (χ0v) is 15.4. The van der Waals surface area contributed by atoms with Crippen molar-refractivity contribution < 1.29 is 4.42 Å². The molecule has 0 spiro atoms. The first kappa shape index (κ1) is 18.1. The summed E-state index contributed by atoms with van der Waals surface area (Å²) in [5.74, 6) is 0. The summed E-state index contributed by atoms with van der Waals surface area (Å²) in [7, 11) is 0. The first-order valence-electron chi connectivity index (χ1n) is 9.24. The van der Waals surface area contributed by atoms with Crippen molar-refractivity contribution in [1.29, 1.82) is 0 Å². The molecule has 0 radical (unpaired) electrons. The second-order valence-electron chi connectivity index (χ2n) is 6.67. The molecule has 0 amide bonds. The predicted molar refractivity (Wildman–Crippen MR) is 105 cm³/mol. The molecule has 28 heavy (non-hydrogen) atoms. The van der Waals surface area contributed by atoms with Crippen molar-refractivity contribution in [3.8, 4) is 0 Å². The minimum absolute atomic E-state index is 0.0258. The lowest BCUT2D eigenvalue weighted by atomic mass is 10.1. The van der Waals surface area contributed by atoms with Gasteiger partial charge in [-0.1, -0.05) is 17.3 Å². The molecule has 0 bridgehead atoms. The Kier molecular flexibility index (Phi) is 5.53. The Balaban J connectivity index is 1.52. The number of rotatable bonds is 8. The minimum atomic E-state index is 0.0258. The van der Waals surface area contributed by atoms with E-state index >= 15 is 0 Å². The zero-order chi connectivity index (χ0) is 19.2. The third kappa shape index (κ3) is 4.32. The first-order chi connectivity index (χ1) is 13.8. The molecule has 0 aliphatic carbocycles. The maximum Gasteiger partial charge on any atom is 0.197 e. The van der Waals surface area contributed by atoms with E-state index in [4.69, 9.17) is 4.42 Å². The third-order valence-electron chi connectivity index (χ3n) is 4.63. The van der Waals surface area contributed by atoms with Gasteiger partial charge in [0.2, 0.25) is 0 Å². The van der Waals surface area contributed by atoms with Gasteiger partial charge in [-0.25, -0.2) is 0 Å². The Bertz CT molecular complexity index is 1080. The van der Waals surface area contributed by atoms with E-state index in [0.29, 0.717) is 23.1 Å². The highest BCUT2D eigenvalue weighted by Gasteiger charge is 2.12. The molecule has 0 unspecified atom stereocenters. The normalized spacial score (nSPS) is 11.3. The average molecular weight is 375 g/mol. The number of hydrogen-bond acceptors (Lipinski definition) is 6. The standard InChI is InChI=1S/C21H21N5O2/c27-21-18(16-28-20-5-2-1-4-19(20)21)15-25(14-17-6-8-22-9-7-17)11-3-12-26-13-10-23-24-26/h1-2,4-10,13,16H,3,11-12,14-15H2. The largest absolute Gasteiger partial charge is 0.464 e. The maximum absolute atomic E-state index is 12.9. The van der Waals surface area contributed by atoms with E-state index in [9.17, 15) is 4.79 Å². The van der Waals surface area contributed by atoms with Crippen LogP contribution in [0.25, 0.3) is 11.0 Å². The number of hydrogen-bond donors (Lipinski definition) is 0. The van der Waals surface area contributed by atoms with Crippen molar-refractivity contribution in [2.45, 2.75) is 26.1 Å². The van der Waals surface area contributed by atoms with E-state index in [-0.39, 0.29) is 5.43 Å². The van der Waals surface area contributed by atoms with Gasteiger partial charge in [0.15, 0.2) is 5.43 Å². The Morgan fingerprint density at radius 3 is 2.71 bits per heavy atom. The van der Waals surface area contributed by atoms with Crippen molar-refractivity contribution >= 4 is 11.0 Å². The lowest BCUT2D eigenvalue weighted by Crippen LogP contribution is -2.27. The van der Waals surface area contributed by atoms with E-state index in [1.54, 1.807) is 24.9 Å². The van der Waals surface area contributed by atoms with Crippen LogP contribution in [0.15, 0.2) is 76.7 Å². The summed E-state index contributed by atoms with van der Waals surface area (Å²) in [5, 5.41) is 8.46. The van der Waals surface area contributed by atoms with Crippen molar-refractivity contribution in [3.05, 3.63) is 88.8 Å². The molecule has 1 aromatic carbocycles. The van der Waals surface area contributed by atoms with Crippen LogP contribution in [-0.4, -0.2) is 31.4 Å². The maximum atomic E-state index is 12.9. The molecule has 0 saturated heterocycles. The quantitative estimate of drug-likeness (QED) is 0.471. The third-order valence-corrected chi connectivity index (χ3v) is 4.63. The van der Waals surface area contributed by atoms with Gasteiger partial charge < -0.3 is 4.42 Å². The Hall–Kier alpha value is -3.32. The van der Waals surface area contributed by atoms with Gasteiger partial charge in [-0.3, -0.25) is 19.4 Å². The van der Waals surface area contributed by atoms with E-state index in [0.717, 1.165) is 31.6 Å². The fourth-order valence-corrected chi connectivity index (χ4v) is 3.24. The second kappa shape index (κ2) is 8.58. The van der Waals surface area contributed by atoms with Gasteiger partial charge in [0.1, 0.15) is 5.58 Å². The zero-order valence-electron chi connectivity index (χ0n) is 15.4. The minimum Gasteiger partial charge on any atom is -0.464 e. The summed E-state index contributed by atoms with van der Waals surface area (Å²) in [6, 6.07) is 11.3. The topological polar surface area (TPSA) is 77.1 Å². The monoisotopic (exact) mass is 375 g/mol. The van der Waals surface area contributed by atoms with Crippen molar-refractivity contribution in [3.63, 3.8) is 0 Å². The summed E-state index contributed by atoms with van der Waals surface area (Å²) < 4.78 is 7.49. The summed E-state index contributed by atoms with van der Waals surface area (Å²) in [4.78, 5) is 19.2. The van der Waals surface area contributed by atoms with Gasteiger partial charge in [0.05, 0.1) is 17.8 Å². The molecule has 0 atom stereocenters. The number of aryl methyl sites for hydroxylation is 1. The van der Waals surface area contributed by atoms with Gasteiger partial charge in [0, 0.05) is 50.3 Å². The highest BCUT2D eigenvalue weighted by atomic mass is 16.3. The van der Waals surface area contributed by atoms with E-state index in [2.05, 4.69) is 20.2 Å². The number of aromatic nitrogens is 4. The smallest absolute Gasteiger partial charge is 0.197 e. The molecule has 0 saturated carbocycles. The molecule has 3 aromatic heterocycles. The van der Waals surface area contributed by atoms with Gasteiger partial charge in [0.25, 0.3) is 0 Å². The number of benzene rings is 1. The van der Waals surface area contributed by atoms with Gasteiger partial charge in [-0.05, 0) is 36.2 Å². The van der Waals surface area contributed by atoms with Crippen LogP contribution in [0.5, 0.6) is 0 Å². The average Bonchev–Trinajstić information content (AvgIpc) is 3.24. The van der Waals surface area contributed by atoms with E-state index < -0.39 is 0 Å². The fourth-order valence-electron chi connectivity index (χ4n) is 3.24. The molecule has 0 N–H and O–H groups in total. The van der Waals surface area contributed by atoms with Crippen LogP contribution in [0.2, 0.25) is 0 Å². The summed E-state index contributed by atoms with van der Waals surface area (Å²) in [6.07, 6.45) is 9.58. The first-order valence-corrected chi connectivity index (χ1v) is 9.24. The number of nitrogens with zero attached hydrogens (tertiary/aromatic N) is 5. The molecule has 142 valence electrons. The van der Waals surface area contributed by atoms with Crippen LogP contribution < -0.4 is 5.43 Å². The summed E-state index contributed by atoms with van der Waals surface area (Å²) >= 11 is 0. The summed E-state index contributed by atoms with van der Waals surface area (Å²) in [5.41, 5.74) is 2.45.